The zero-order valence-corrected chi connectivity index (χ0v) is 17.9. The number of aliphatic hydroxyl groups excluding tert-OH is 1. The van der Waals surface area contributed by atoms with Crippen molar-refractivity contribution in [1.82, 2.24) is 16.0 Å². The maximum absolute atomic E-state index is 12.6. The van der Waals surface area contributed by atoms with Crippen molar-refractivity contribution in [3.63, 3.8) is 0 Å². The van der Waals surface area contributed by atoms with E-state index in [-0.39, 0.29) is 23.8 Å². The number of aliphatic carboxylic acids is 1. The van der Waals surface area contributed by atoms with E-state index in [9.17, 15) is 24.3 Å². The van der Waals surface area contributed by atoms with E-state index < -0.39 is 54.0 Å². The number of nitrogens with two attached hydrogens (primary N) is 1. The third-order valence-corrected chi connectivity index (χ3v) is 4.49. The lowest BCUT2D eigenvalue weighted by Gasteiger charge is -2.27. The Morgan fingerprint density at radius 1 is 0.893 bits per heavy atom. The van der Waals surface area contributed by atoms with Crippen molar-refractivity contribution in [3.05, 3.63) is 0 Å². The summed E-state index contributed by atoms with van der Waals surface area (Å²) in [5, 5.41) is 25.9. The van der Waals surface area contributed by atoms with Crippen LogP contribution in [0.3, 0.4) is 0 Å². The van der Waals surface area contributed by atoms with E-state index in [1.165, 1.54) is 6.92 Å². The van der Waals surface area contributed by atoms with E-state index in [2.05, 4.69) is 41.2 Å². The number of nitrogens with one attached hydrogen (secondary N) is 3. The first-order valence-corrected chi connectivity index (χ1v) is 10.00. The highest BCUT2D eigenvalue weighted by atomic mass is 32.1. The van der Waals surface area contributed by atoms with Gasteiger partial charge < -0.3 is 31.9 Å². The molecule has 7 N–H and O–H groups in total. The molecule has 28 heavy (non-hydrogen) atoms. The number of amides is 3. The van der Waals surface area contributed by atoms with Gasteiger partial charge in [-0.25, -0.2) is 4.79 Å². The molecule has 0 heterocycles. The lowest BCUT2D eigenvalue weighted by molar-refractivity contribution is -0.142. The number of aliphatic hydroxyl groups is 1. The van der Waals surface area contributed by atoms with Gasteiger partial charge >= 0.3 is 5.97 Å². The molecule has 0 aliphatic rings. The first-order valence-electron chi connectivity index (χ1n) is 8.73. The molecule has 0 aliphatic carbocycles. The SMILES string of the molecule is CC(C)C[C@H](NC(=O)[C@@H](N)CS)C(=O)N[C@H](C(=O)N[C@H](CS)C(=O)O)[C@@H](C)O. The average molecular weight is 439 g/mol. The van der Waals surface area contributed by atoms with E-state index >= 15 is 0 Å². The van der Waals surface area contributed by atoms with Crippen LogP contribution in [0.1, 0.15) is 27.2 Å². The van der Waals surface area contributed by atoms with Crippen LogP contribution in [-0.2, 0) is 19.2 Å². The fraction of sp³-hybridized carbons (Fsp3) is 0.750. The van der Waals surface area contributed by atoms with Crippen LogP contribution in [0, 0.1) is 5.92 Å². The van der Waals surface area contributed by atoms with Gasteiger partial charge in [0, 0.05) is 11.5 Å². The van der Waals surface area contributed by atoms with Crippen molar-refractivity contribution >= 4 is 48.9 Å². The number of carbonyl (C=O) groups is 4. The summed E-state index contributed by atoms with van der Waals surface area (Å²) < 4.78 is 0. The summed E-state index contributed by atoms with van der Waals surface area (Å²) in [5.74, 6) is -3.52. The van der Waals surface area contributed by atoms with Gasteiger partial charge in [-0.05, 0) is 19.3 Å². The quantitative estimate of drug-likeness (QED) is 0.165. The Bertz CT molecular complexity index is 561. The summed E-state index contributed by atoms with van der Waals surface area (Å²) in [6.07, 6.45) is -1.05. The van der Waals surface area contributed by atoms with Crippen molar-refractivity contribution in [2.24, 2.45) is 11.7 Å². The molecule has 10 nitrogen and oxygen atoms in total. The molecule has 0 spiro atoms. The number of carbonyl (C=O) groups excluding carboxylic acids is 3. The van der Waals surface area contributed by atoms with Crippen molar-refractivity contribution in [2.75, 3.05) is 11.5 Å². The minimum absolute atomic E-state index is 0.0303. The molecule has 0 aromatic rings. The smallest absolute Gasteiger partial charge is 0.327 e. The molecule has 0 saturated carbocycles. The van der Waals surface area contributed by atoms with Crippen LogP contribution >= 0.6 is 25.3 Å². The first-order chi connectivity index (χ1) is 12.9. The third kappa shape index (κ3) is 9.13. The van der Waals surface area contributed by atoms with Crippen molar-refractivity contribution < 1.29 is 29.4 Å². The Morgan fingerprint density at radius 2 is 1.43 bits per heavy atom. The molecule has 162 valence electrons. The van der Waals surface area contributed by atoms with E-state index in [1.807, 2.05) is 13.8 Å². The second kappa shape index (κ2) is 12.9. The van der Waals surface area contributed by atoms with E-state index in [0.717, 1.165) is 0 Å². The largest absolute Gasteiger partial charge is 0.480 e. The van der Waals surface area contributed by atoms with Gasteiger partial charge in [0.15, 0.2) is 0 Å². The standard InChI is InChI=1S/C16H30N4O6S2/c1-7(2)4-10(18-13(22)9(17)5-27)14(23)20-12(8(3)21)15(24)19-11(6-28)16(25)26/h7-12,21,27-28H,4-6,17H2,1-3H3,(H,18,22)(H,19,24)(H,20,23)(H,25,26)/t8-,9+,10+,11-,12+/m1/s1. The maximum atomic E-state index is 12.6. The molecule has 12 heteroatoms. The van der Waals surface area contributed by atoms with Gasteiger partial charge in [0.2, 0.25) is 17.7 Å². The summed E-state index contributed by atoms with van der Waals surface area (Å²) in [5.41, 5.74) is 5.60. The fourth-order valence-corrected chi connectivity index (χ4v) is 2.58. The lowest BCUT2D eigenvalue weighted by Crippen LogP contribution is -2.60. The average Bonchev–Trinajstić information content (AvgIpc) is 2.61. The normalized spacial score (nSPS) is 16.4. The Hall–Kier alpha value is -1.50. The highest BCUT2D eigenvalue weighted by Gasteiger charge is 2.32. The van der Waals surface area contributed by atoms with Gasteiger partial charge in [0.05, 0.1) is 12.1 Å². The first kappa shape index (κ1) is 26.5. The van der Waals surface area contributed by atoms with E-state index in [1.54, 1.807) is 0 Å². The highest BCUT2D eigenvalue weighted by Crippen LogP contribution is 2.07. The lowest BCUT2D eigenvalue weighted by atomic mass is 10.0. The summed E-state index contributed by atoms with van der Waals surface area (Å²) in [7, 11) is 0. The van der Waals surface area contributed by atoms with Gasteiger partial charge in [0.1, 0.15) is 18.1 Å². The zero-order valence-electron chi connectivity index (χ0n) is 16.1. The maximum Gasteiger partial charge on any atom is 0.327 e. The van der Waals surface area contributed by atoms with E-state index in [0.29, 0.717) is 0 Å². The number of hydrogen-bond donors (Lipinski definition) is 8. The fourth-order valence-electron chi connectivity index (χ4n) is 2.17. The van der Waals surface area contributed by atoms with Gasteiger partial charge in [0.25, 0.3) is 0 Å². The molecule has 0 bridgehead atoms. The van der Waals surface area contributed by atoms with Crippen LogP contribution < -0.4 is 21.7 Å². The predicted molar refractivity (Wildman–Crippen MR) is 110 cm³/mol. The van der Waals surface area contributed by atoms with Crippen molar-refractivity contribution in [2.45, 2.75) is 57.5 Å². The van der Waals surface area contributed by atoms with Crippen LogP contribution in [0.25, 0.3) is 0 Å². The highest BCUT2D eigenvalue weighted by molar-refractivity contribution is 7.80. The predicted octanol–water partition coefficient (Wildman–Crippen LogP) is -1.86. The number of rotatable bonds is 12. The molecule has 0 unspecified atom stereocenters. The van der Waals surface area contributed by atoms with Gasteiger partial charge in [-0.3, -0.25) is 14.4 Å². The van der Waals surface area contributed by atoms with Crippen molar-refractivity contribution in [3.8, 4) is 0 Å². The molecule has 3 amide bonds. The Labute approximate surface area is 175 Å². The van der Waals surface area contributed by atoms with Crippen LogP contribution in [-0.4, -0.2) is 75.7 Å². The number of thiol groups is 2. The molecule has 0 saturated heterocycles. The number of hydrogen-bond acceptors (Lipinski definition) is 8. The van der Waals surface area contributed by atoms with Crippen LogP contribution in [0.4, 0.5) is 0 Å². The minimum atomic E-state index is -1.42. The molecule has 0 aliphatic heterocycles. The molecule has 0 fully saturated rings. The summed E-state index contributed by atoms with van der Waals surface area (Å²) in [6, 6.07) is -4.60. The monoisotopic (exact) mass is 438 g/mol. The van der Waals surface area contributed by atoms with Crippen LogP contribution in [0.5, 0.6) is 0 Å². The third-order valence-electron chi connectivity index (χ3n) is 3.73. The Morgan fingerprint density at radius 3 is 1.82 bits per heavy atom. The van der Waals surface area contributed by atoms with Gasteiger partial charge in [-0.1, -0.05) is 13.8 Å². The Kier molecular flexibility index (Phi) is 12.2. The second-order valence-corrected chi connectivity index (χ2v) is 7.52. The second-order valence-electron chi connectivity index (χ2n) is 6.79. The summed E-state index contributed by atoms with van der Waals surface area (Å²) >= 11 is 7.78. The molecular weight excluding hydrogens is 408 g/mol. The summed E-state index contributed by atoms with van der Waals surface area (Å²) in [6.45, 7) is 4.95. The molecular formula is C16H30N4O6S2. The van der Waals surface area contributed by atoms with Gasteiger partial charge in [-0.2, -0.15) is 25.3 Å². The topological polar surface area (TPSA) is 171 Å². The van der Waals surface area contributed by atoms with Crippen LogP contribution in [0.2, 0.25) is 0 Å². The molecule has 0 aromatic heterocycles. The summed E-state index contributed by atoms with van der Waals surface area (Å²) in [4.78, 5) is 48.0. The number of carboxylic acids is 1. The molecule has 5 atom stereocenters. The number of carboxylic acid groups (broad SMARTS) is 1. The minimum Gasteiger partial charge on any atom is -0.480 e. The van der Waals surface area contributed by atoms with Crippen molar-refractivity contribution in [1.29, 1.82) is 0 Å². The molecule has 0 rings (SSSR count). The van der Waals surface area contributed by atoms with Crippen LogP contribution in [0.15, 0.2) is 0 Å². The van der Waals surface area contributed by atoms with Gasteiger partial charge in [-0.15, -0.1) is 0 Å². The molecule has 0 aromatic carbocycles. The Balaban J connectivity index is 5.30. The van der Waals surface area contributed by atoms with E-state index in [4.69, 9.17) is 10.8 Å². The zero-order chi connectivity index (χ0) is 22.0. The molecule has 0 radical (unpaired) electrons.